The van der Waals surface area contributed by atoms with E-state index in [1.54, 1.807) is 0 Å². The Morgan fingerprint density at radius 3 is 2.09 bits per heavy atom. The standard InChI is InChI=1S/C10H21O/c1-9(2)7-6-8-11-10(3,4)5/h6-8H2,1-5H3. The molecule has 0 bridgehead atoms. The predicted octanol–water partition coefficient (Wildman–Crippen LogP) is 3.20. The maximum Gasteiger partial charge on any atom is 0.0598 e. The quantitative estimate of drug-likeness (QED) is 0.569. The molecule has 0 rings (SSSR count). The van der Waals surface area contributed by atoms with Crippen molar-refractivity contribution in [3.8, 4) is 0 Å². The molecule has 0 saturated heterocycles. The SMILES string of the molecule is C[C](C)CCCOC(C)(C)C. The van der Waals surface area contributed by atoms with E-state index in [0.717, 1.165) is 13.0 Å². The summed E-state index contributed by atoms with van der Waals surface area (Å²) in [5.74, 6) is 1.49. The molecule has 0 unspecified atom stereocenters. The van der Waals surface area contributed by atoms with Gasteiger partial charge < -0.3 is 4.74 Å². The minimum absolute atomic E-state index is 0.0294. The van der Waals surface area contributed by atoms with Gasteiger partial charge in [0.1, 0.15) is 0 Å². The van der Waals surface area contributed by atoms with Crippen molar-refractivity contribution in [1.29, 1.82) is 0 Å². The Bertz CT molecular complexity index is 89.5. The third kappa shape index (κ3) is 9.96. The summed E-state index contributed by atoms with van der Waals surface area (Å²) in [6, 6.07) is 0. The van der Waals surface area contributed by atoms with Crippen molar-refractivity contribution in [3.63, 3.8) is 0 Å². The molecule has 0 spiro atoms. The summed E-state index contributed by atoms with van der Waals surface area (Å²) in [6.45, 7) is 11.5. The Morgan fingerprint density at radius 1 is 1.18 bits per heavy atom. The molecule has 0 saturated carbocycles. The van der Waals surface area contributed by atoms with Crippen LogP contribution in [0.25, 0.3) is 0 Å². The van der Waals surface area contributed by atoms with Gasteiger partial charge in [-0.25, -0.2) is 0 Å². The van der Waals surface area contributed by atoms with E-state index < -0.39 is 0 Å². The molecule has 1 nitrogen and oxygen atoms in total. The van der Waals surface area contributed by atoms with Gasteiger partial charge in [0.25, 0.3) is 0 Å². The van der Waals surface area contributed by atoms with Crippen molar-refractivity contribution in [2.24, 2.45) is 0 Å². The Hall–Kier alpha value is -0.0400. The Morgan fingerprint density at radius 2 is 1.73 bits per heavy atom. The minimum atomic E-state index is 0.0294. The minimum Gasteiger partial charge on any atom is -0.376 e. The third-order valence-corrected chi connectivity index (χ3v) is 1.36. The average Bonchev–Trinajstić information content (AvgIpc) is 1.78. The molecule has 0 heterocycles. The molecular formula is C10H21O. The Labute approximate surface area is 71.1 Å². The second-order valence-corrected chi connectivity index (χ2v) is 4.27. The van der Waals surface area contributed by atoms with Crippen LogP contribution in [0.3, 0.4) is 0 Å². The molecule has 0 fully saturated rings. The van der Waals surface area contributed by atoms with E-state index in [1.807, 2.05) is 0 Å². The highest BCUT2D eigenvalue weighted by Gasteiger charge is 2.08. The van der Waals surface area contributed by atoms with Crippen LogP contribution < -0.4 is 0 Å². The van der Waals surface area contributed by atoms with Crippen molar-refractivity contribution < 1.29 is 4.74 Å². The van der Waals surface area contributed by atoms with Crippen LogP contribution in [-0.2, 0) is 4.74 Å². The van der Waals surface area contributed by atoms with Crippen LogP contribution in [0.15, 0.2) is 0 Å². The van der Waals surface area contributed by atoms with E-state index in [-0.39, 0.29) is 5.60 Å². The zero-order valence-electron chi connectivity index (χ0n) is 8.53. The summed E-state index contributed by atoms with van der Waals surface area (Å²) >= 11 is 0. The fourth-order valence-electron chi connectivity index (χ4n) is 0.804. The van der Waals surface area contributed by atoms with E-state index >= 15 is 0 Å². The first-order valence-corrected chi connectivity index (χ1v) is 4.35. The highest BCUT2D eigenvalue weighted by Crippen LogP contribution is 2.10. The lowest BCUT2D eigenvalue weighted by atomic mass is 10.1. The Kier molecular flexibility index (Phi) is 4.74. The van der Waals surface area contributed by atoms with Gasteiger partial charge in [0.2, 0.25) is 0 Å². The molecule has 0 N–H and O–H groups in total. The fraction of sp³-hybridized carbons (Fsp3) is 0.900. The second kappa shape index (κ2) is 4.76. The topological polar surface area (TPSA) is 9.23 Å². The van der Waals surface area contributed by atoms with Crippen LogP contribution in [-0.4, -0.2) is 12.2 Å². The summed E-state index contributed by atoms with van der Waals surface area (Å²) in [6.07, 6.45) is 2.34. The molecule has 1 radical (unpaired) electrons. The maximum absolute atomic E-state index is 5.57. The second-order valence-electron chi connectivity index (χ2n) is 4.27. The van der Waals surface area contributed by atoms with Gasteiger partial charge in [0.05, 0.1) is 5.60 Å². The number of hydrogen-bond acceptors (Lipinski definition) is 1. The average molecular weight is 157 g/mol. The molecule has 0 aliphatic rings. The van der Waals surface area contributed by atoms with Gasteiger partial charge in [-0.05, 0) is 39.5 Å². The van der Waals surface area contributed by atoms with E-state index in [2.05, 4.69) is 34.6 Å². The fourth-order valence-corrected chi connectivity index (χ4v) is 0.804. The van der Waals surface area contributed by atoms with E-state index in [4.69, 9.17) is 4.74 Å². The number of rotatable bonds is 4. The Balaban J connectivity index is 3.15. The predicted molar refractivity (Wildman–Crippen MR) is 49.5 cm³/mol. The zero-order chi connectivity index (χ0) is 8.91. The molecule has 0 aliphatic carbocycles. The zero-order valence-corrected chi connectivity index (χ0v) is 8.53. The third-order valence-electron chi connectivity index (χ3n) is 1.36. The lowest BCUT2D eigenvalue weighted by molar-refractivity contribution is -0.00423. The maximum atomic E-state index is 5.57. The highest BCUT2D eigenvalue weighted by molar-refractivity contribution is 4.75. The van der Waals surface area contributed by atoms with Crippen molar-refractivity contribution >= 4 is 0 Å². The highest BCUT2D eigenvalue weighted by atomic mass is 16.5. The summed E-state index contributed by atoms with van der Waals surface area (Å²) in [5.41, 5.74) is 0.0294. The van der Waals surface area contributed by atoms with E-state index in [1.165, 1.54) is 12.3 Å². The normalized spacial score (nSPS) is 12.5. The van der Waals surface area contributed by atoms with E-state index in [9.17, 15) is 0 Å². The first-order chi connectivity index (χ1) is 4.92. The molecule has 67 valence electrons. The van der Waals surface area contributed by atoms with Gasteiger partial charge in [-0.15, -0.1) is 0 Å². The number of hydrogen-bond donors (Lipinski definition) is 0. The van der Waals surface area contributed by atoms with Gasteiger partial charge in [0.15, 0.2) is 0 Å². The van der Waals surface area contributed by atoms with Crippen LogP contribution in [0, 0.1) is 5.92 Å². The van der Waals surface area contributed by atoms with Crippen LogP contribution in [0.2, 0.25) is 0 Å². The van der Waals surface area contributed by atoms with Gasteiger partial charge in [-0.2, -0.15) is 0 Å². The van der Waals surface area contributed by atoms with Crippen LogP contribution >= 0.6 is 0 Å². The molecular weight excluding hydrogens is 136 g/mol. The lowest BCUT2D eigenvalue weighted by Gasteiger charge is -2.19. The first-order valence-electron chi connectivity index (χ1n) is 4.35. The van der Waals surface area contributed by atoms with E-state index in [0.29, 0.717) is 0 Å². The monoisotopic (exact) mass is 157 g/mol. The lowest BCUT2D eigenvalue weighted by Crippen LogP contribution is -2.19. The molecule has 0 aromatic heterocycles. The van der Waals surface area contributed by atoms with Gasteiger partial charge >= 0.3 is 0 Å². The molecule has 0 atom stereocenters. The van der Waals surface area contributed by atoms with Crippen LogP contribution in [0.4, 0.5) is 0 Å². The molecule has 0 aromatic rings. The van der Waals surface area contributed by atoms with Gasteiger partial charge in [0, 0.05) is 6.61 Å². The first kappa shape index (κ1) is 11.0. The van der Waals surface area contributed by atoms with Crippen molar-refractivity contribution in [2.75, 3.05) is 6.61 Å². The van der Waals surface area contributed by atoms with Gasteiger partial charge in [-0.3, -0.25) is 0 Å². The molecule has 0 aliphatic heterocycles. The van der Waals surface area contributed by atoms with Gasteiger partial charge in [-0.1, -0.05) is 13.8 Å². The van der Waals surface area contributed by atoms with Crippen molar-refractivity contribution in [2.45, 2.75) is 53.1 Å². The van der Waals surface area contributed by atoms with Crippen molar-refractivity contribution in [1.82, 2.24) is 0 Å². The molecule has 1 heteroatoms. The summed E-state index contributed by atoms with van der Waals surface area (Å²) in [5, 5.41) is 0. The summed E-state index contributed by atoms with van der Waals surface area (Å²) < 4.78 is 5.57. The molecule has 11 heavy (non-hydrogen) atoms. The van der Waals surface area contributed by atoms with Crippen molar-refractivity contribution in [3.05, 3.63) is 5.92 Å². The molecule has 0 aromatic carbocycles. The van der Waals surface area contributed by atoms with Crippen LogP contribution in [0.5, 0.6) is 0 Å². The number of ether oxygens (including phenoxy) is 1. The summed E-state index contributed by atoms with van der Waals surface area (Å²) in [7, 11) is 0. The molecule has 0 amide bonds. The summed E-state index contributed by atoms with van der Waals surface area (Å²) in [4.78, 5) is 0. The largest absolute Gasteiger partial charge is 0.376 e. The van der Waals surface area contributed by atoms with Crippen LogP contribution in [0.1, 0.15) is 47.5 Å². The smallest absolute Gasteiger partial charge is 0.0598 e.